The van der Waals surface area contributed by atoms with Gasteiger partial charge in [-0.05, 0) is 18.1 Å². The first-order chi connectivity index (χ1) is 13.7. The Labute approximate surface area is 162 Å². The number of benzene rings is 2. The molecule has 0 aliphatic carbocycles. The summed E-state index contributed by atoms with van der Waals surface area (Å²) in [6.45, 7) is 2.95. The number of hydrogen-bond donors (Lipinski definition) is 1. The number of amides is 1. The van der Waals surface area contributed by atoms with E-state index in [1.165, 1.54) is 5.56 Å². The number of hydrogen-bond acceptors (Lipinski definition) is 4. The van der Waals surface area contributed by atoms with Crippen LogP contribution < -0.4 is 5.32 Å². The molecule has 28 heavy (non-hydrogen) atoms. The number of nitrogens with zero attached hydrogens (tertiary/aromatic N) is 3. The van der Waals surface area contributed by atoms with Crippen molar-refractivity contribution in [2.24, 2.45) is 0 Å². The maximum atomic E-state index is 12.8. The Morgan fingerprint density at radius 3 is 2.54 bits per heavy atom. The second-order valence-corrected chi connectivity index (χ2v) is 6.56. The summed E-state index contributed by atoms with van der Waals surface area (Å²) in [5.41, 5.74) is 4.09. The number of imidazole rings is 1. The highest BCUT2D eigenvalue weighted by atomic mass is 16.5. The molecule has 0 aliphatic rings. The lowest BCUT2D eigenvalue weighted by atomic mass is 10.1. The molecule has 6 heteroatoms. The molecule has 4 rings (SSSR count). The second kappa shape index (κ2) is 7.92. The van der Waals surface area contributed by atoms with Crippen LogP contribution in [-0.4, -0.2) is 20.6 Å². The Balaban J connectivity index is 1.43. The Morgan fingerprint density at radius 2 is 1.82 bits per heavy atom. The number of aromatic nitrogens is 3. The van der Waals surface area contributed by atoms with Crippen molar-refractivity contribution in [1.82, 2.24) is 20.0 Å². The first-order valence-corrected chi connectivity index (χ1v) is 9.04. The van der Waals surface area contributed by atoms with E-state index in [9.17, 15) is 4.79 Å². The average molecular weight is 372 g/mol. The molecule has 2 aromatic carbocycles. The summed E-state index contributed by atoms with van der Waals surface area (Å²) in [6.07, 6.45) is 5.49. The summed E-state index contributed by atoms with van der Waals surface area (Å²) in [6, 6.07) is 17.7. The van der Waals surface area contributed by atoms with E-state index in [1.54, 1.807) is 19.4 Å². The lowest BCUT2D eigenvalue weighted by Crippen LogP contribution is -2.23. The molecule has 4 aromatic rings. The second-order valence-electron chi connectivity index (χ2n) is 6.56. The normalized spacial score (nSPS) is 10.8. The van der Waals surface area contributed by atoms with Gasteiger partial charge in [0.15, 0.2) is 0 Å². The molecule has 0 saturated heterocycles. The average Bonchev–Trinajstić information content (AvgIpc) is 3.37. The minimum atomic E-state index is -0.194. The molecule has 0 fully saturated rings. The van der Waals surface area contributed by atoms with Crippen LogP contribution in [0.2, 0.25) is 0 Å². The zero-order valence-electron chi connectivity index (χ0n) is 15.5. The summed E-state index contributed by atoms with van der Waals surface area (Å²) >= 11 is 0. The maximum absolute atomic E-state index is 12.8. The summed E-state index contributed by atoms with van der Waals surface area (Å²) in [4.78, 5) is 16.8. The van der Waals surface area contributed by atoms with Gasteiger partial charge in [0.05, 0.1) is 6.33 Å². The zero-order valence-corrected chi connectivity index (χ0v) is 15.5. The van der Waals surface area contributed by atoms with Gasteiger partial charge < -0.3 is 14.4 Å². The van der Waals surface area contributed by atoms with Crippen LogP contribution >= 0.6 is 0 Å². The monoisotopic (exact) mass is 372 g/mol. The Hall–Kier alpha value is -3.67. The zero-order chi connectivity index (χ0) is 19.3. The first-order valence-electron chi connectivity index (χ1n) is 9.04. The van der Waals surface area contributed by atoms with Crippen molar-refractivity contribution in [3.63, 3.8) is 0 Å². The van der Waals surface area contributed by atoms with E-state index in [1.807, 2.05) is 53.2 Å². The minimum absolute atomic E-state index is 0.194. The molecule has 0 spiro atoms. The maximum Gasteiger partial charge on any atom is 0.257 e. The highest BCUT2D eigenvalue weighted by Gasteiger charge is 2.21. The summed E-state index contributed by atoms with van der Waals surface area (Å²) in [5.74, 6) is 0.312. The van der Waals surface area contributed by atoms with Crippen LogP contribution in [0.4, 0.5) is 0 Å². The molecule has 140 valence electrons. The van der Waals surface area contributed by atoms with E-state index < -0.39 is 0 Å². The topological polar surface area (TPSA) is 73.0 Å². The third kappa shape index (κ3) is 3.86. The first kappa shape index (κ1) is 17.7. The van der Waals surface area contributed by atoms with Crippen LogP contribution in [0, 0.1) is 6.92 Å². The number of carbonyl (C=O) groups is 1. The fourth-order valence-electron chi connectivity index (χ4n) is 3.06. The van der Waals surface area contributed by atoms with E-state index in [0.717, 1.165) is 17.7 Å². The van der Waals surface area contributed by atoms with Crippen molar-refractivity contribution >= 4 is 5.91 Å². The largest absolute Gasteiger partial charge is 0.360 e. The smallest absolute Gasteiger partial charge is 0.257 e. The standard InChI is InChI=1S/C22H20N4O2/c1-16-20(21(25-28-16)19-5-3-2-4-6-19)22(27)24-13-17-7-9-18(10-8-17)14-26-12-11-23-15-26/h2-12,15H,13-14H2,1H3,(H,24,27). The van der Waals surface area contributed by atoms with Gasteiger partial charge in [0.1, 0.15) is 17.0 Å². The number of aryl methyl sites for hydroxylation is 1. The van der Waals surface area contributed by atoms with Crippen LogP contribution in [0.1, 0.15) is 27.2 Å². The SMILES string of the molecule is Cc1onc(-c2ccccc2)c1C(=O)NCc1ccc(Cn2ccnc2)cc1. The van der Waals surface area contributed by atoms with Crippen molar-refractivity contribution in [2.75, 3.05) is 0 Å². The van der Waals surface area contributed by atoms with E-state index in [2.05, 4.69) is 27.6 Å². The van der Waals surface area contributed by atoms with Crippen LogP contribution in [-0.2, 0) is 13.1 Å². The highest BCUT2D eigenvalue weighted by Crippen LogP contribution is 2.25. The van der Waals surface area contributed by atoms with Crippen LogP contribution in [0.5, 0.6) is 0 Å². The van der Waals surface area contributed by atoms with E-state index >= 15 is 0 Å². The van der Waals surface area contributed by atoms with Gasteiger partial charge in [0, 0.05) is 31.0 Å². The summed E-state index contributed by atoms with van der Waals surface area (Å²) in [7, 11) is 0. The fraction of sp³-hybridized carbons (Fsp3) is 0.136. The van der Waals surface area contributed by atoms with Crippen LogP contribution in [0.25, 0.3) is 11.3 Å². The molecule has 2 aromatic heterocycles. The van der Waals surface area contributed by atoms with Crippen molar-refractivity contribution in [2.45, 2.75) is 20.0 Å². The van der Waals surface area contributed by atoms with E-state index in [-0.39, 0.29) is 5.91 Å². The van der Waals surface area contributed by atoms with Gasteiger partial charge in [0.25, 0.3) is 5.91 Å². The molecule has 0 saturated carbocycles. The van der Waals surface area contributed by atoms with Crippen LogP contribution in [0.15, 0.2) is 77.8 Å². The summed E-state index contributed by atoms with van der Waals surface area (Å²) < 4.78 is 7.28. The Morgan fingerprint density at radius 1 is 1.07 bits per heavy atom. The summed E-state index contributed by atoms with van der Waals surface area (Å²) in [5, 5.41) is 7.03. The fourth-order valence-corrected chi connectivity index (χ4v) is 3.06. The Kier molecular flexibility index (Phi) is 5.01. The van der Waals surface area contributed by atoms with Gasteiger partial charge in [0.2, 0.25) is 0 Å². The third-order valence-corrected chi connectivity index (χ3v) is 4.54. The molecule has 6 nitrogen and oxygen atoms in total. The highest BCUT2D eigenvalue weighted by molar-refractivity contribution is 6.00. The van der Waals surface area contributed by atoms with Gasteiger partial charge >= 0.3 is 0 Å². The van der Waals surface area contributed by atoms with Crippen molar-refractivity contribution in [3.8, 4) is 11.3 Å². The third-order valence-electron chi connectivity index (χ3n) is 4.54. The molecule has 0 radical (unpaired) electrons. The molecule has 1 N–H and O–H groups in total. The van der Waals surface area contributed by atoms with Gasteiger partial charge in [-0.3, -0.25) is 4.79 Å². The van der Waals surface area contributed by atoms with Crippen molar-refractivity contribution in [1.29, 1.82) is 0 Å². The number of rotatable bonds is 6. The molecular weight excluding hydrogens is 352 g/mol. The van der Waals surface area contributed by atoms with Crippen LogP contribution in [0.3, 0.4) is 0 Å². The Bertz CT molecular complexity index is 1050. The number of carbonyl (C=O) groups excluding carboxylic acids is 1. The molecule has 1 amide bonds. The molecular formula is C22H20N4O2. The van der Waals surface area contributed by atoms with Crippen molar-refractivity contribution in [3.05, 3.63) is 95.8 Å². The van der Waals surface area contributed by atoms with Gasteiger partial charge in [-0.25, -0.2) is 4.98 Å². The number of nitrogens with one attached hydrogen (secondary N) is 1. The molecule has 0 aliphatic heterocycles. The van der Waals surface area contributed by atoms with Gasteiger partial charge in [-0.15, -0.1) is 0 Å². The minimum Gasteiger partial charge on any atom is -0.360 e. The predicted octanol–water partition coefficient (Wildman–Crippen LogP) is 3.82. The van der Waals surface area contributed by atoms with E-state index in [0.29, 0.717) is 23.6 Å². The van der Waals surface area contributed by atoms with Gasteiger partial charge in [-0.2, -0.15) is 0 Å². The molecule has 0 atom stereocenters. The van der Waals surface area contributed by atoms with E-state index in [4.69, 9.17) is 4.52 Å². The van der Waals surface area contributed by atoms with Crippen molar-refractivity contribution < 1.29 is 9.32 Å². The lowest BCUT2D eigenvalue weighted by Gasteiger charge is -2.08. The molecule has 0 bridgehead atoms. The quantitative estimate of drug-likeness (QED) is 0.558. The molecule has 0 unspecified atom stereocenters. The lowest BCUT2D eigenvalue weighted by molar-refractivity contribution is 0.0950. The molecule has 2 heterocycles. The van der Waals surface area contributed by atoms with Gasteiger partial charge in [-0.1, -0.05) is 59.8 Å². The predicted molar refractivity (Wildman–Crippen MR) is 106 cm³/mol.